The molecular formula is C18H21NO. The second kappa shape index (κ2) is 7.01. The van der Waals surface area contributed by atoms with Crippen LogP contribution in [0.2, 0.25) is 0 Å². The lowest BCUT2D eigenvalue weighted by Gasteiger charge is -2.08. The fourth-order valence-electron chi connectivity index (χ4n) is 2.38. The number of ketones is 1. The van der Waals surface area contributed by atoms with Gasteiger partial charge in [-0.05, 0) is 30.5 Å². The summed E-state index contributed by atoms with van der Waals surface area (Å²) in [6.45, 7) is 2.71. The number of hydrogen-bond donors (Lipinski definition) is 1. The molecule has 2 nitrogen and oxygen atoms in total. The van der Waals surface area contributed by atoms with Gasteiger partial charge >= 0.3 is 0 Å². The minimum atomic E-state index is 0.0806. The van der Waals surface area contributed by atoms with Crippen molar-refractivity contribution < 1.29 is 4.79 Å². The lowest BCUT2D eigenvalue weighted by Crippen LogP contribution is -2.09. The maximum absolute atomic E-state index is 12.6. The van der Waals surface area contributed by atoms with Gasteiger partial charge in [0.05, 0.1) is 0 Å². The lowest BCUT2D eigenvalue weighted by atomic mass is 9.96. The molecule has 2 N–H and O–H groups in total. The molecule has 0 amide bonds. The number of rotatable bonds is 6. The Morgan fingerprint density at radius 2 is 1.70 bits per heavy atom. The summed E-state index contributed by atoms with van der Waals surface area (Å²) in [5.41, 5.74) is 9.42. The number of carbonyl (C=O) groups is 1. The van der Waals surface area contributed by atoms with E-state index in [0.29, 0.717) is 6.54 Å². The number of benzene rings is 2. The first kappa shape index (κ1) is 14.5. The van der Waals surface area contributed by atoms with E-state index in [-0.39, 0.29) is 5.78 Å². The van der Waals surface area contributed by atoms with Crippen LogP contribution in [0.15, 0.2) is 48.5 Å². The molecule has 0 aliphatic rings. The fraction of sp³-hybridized carbons (Fsp3) is 0.278. The summed E-state index contributed by atoms with van der Waals surface area (Å²) < 4.78 is 0. The van der Waals surface area contributed by atoms with Gasteiger partial charge in [0, 0.05) is 11.1 Å². The van der Waals surface area contributed by atoms with Crippen molar-refractivity contribution in [1.29, 1.82) is 0 Å². The lowest BCUT2D eigenvalue weighted by molar-refractivity contribution is 0.103. The molecule has 0 spiro atoms. The highest BCUT2D eigenvalue weighted by molar-refractivity contribution is 6.09. The Hall–Kier alpha value is -1.93. The van der Waals surface area contributed by atoms with Gasteiger partial charge in [-0.2, -0.15) is 0 Å². The van der Waals surface area contributed by atoms with E-state index in [1.165, 1.54) is 5.56 Å². The van der Waals surface area contributed by atoms with Crippen molar-refractivity contribution >= 4 is 5.78 Å². The molecule has 0 fully saturated rings. The van der Waals surface area contributed by atoms with E-state index in [4.69, 9.17) is 5.73 Å². The molecular weight excluding hydrogens is 246 g/mol. The van der Waals surface area contributed by atoms with E-state index in [2.05, 4.69) is 6.92 Å². The normalized spacial score (nSPS) is 10.5. The van der Waals surface area contributed by atoms with Crippen molar-refractivity contribution in [3.8, 4) is 0 Å². The van der Waals surface area contributed by atoms with E-state index in [0.717, 1.165) is 36.0 Å². The maximum atomic E-state index is 12.6. The number of hydrogen-bond acceptors (Lipinski definition) is 2. The summed E-state index contributed by atoms with van der Waals surface area (Å²) >= 11 is 0. The number of nitrogens with two attached hydrogens (primary N) is 1. The average molecular weight is 267 g/mol. The minimum absolute atomic E-state index is 0.0806. The SMILES string of the molecule is CCCc1ccc(C(=O)c2ccccc2CCN)cc1. The number of aryl methyl sites for hydroxylation is 1. The summed E-state index contributed by atoms with van der Waals surface area (Å²) in [7, 11) is 0. The predicted octanol–water partition coefficient (Wildman–Crippen LogP) is 3.37. The van der Waals surface area contributed by atoms with Crippen molar-refractivity contribution in [2.24, 2.45) is 5.73 Å². The zero-order valence-electron chi connectivity index (χ0n) is 11.9. The van der Waals surface area contributed by atoms with Gasteiger partial charge in [-0.25, -0.2) is 0 Å². The molecule has 0 unspecified atom stereocenters. The Kier molecular flexibility index (Phi) is 5.08. The highest BCUT2D eigenvalue weighted by atomic mass is 16.1. The Balaban J connectivity index is 2.26. The molecule has 0 aliphatic carbocycles. The van der Waals surface area contributed by atoms with Crippen molar-refractivity contribution in [3.63, 3.8) is 0 Å². The number of carbonyl (C=O) groups excluding carboxylic acids is 1. The molecule has 0 saturated heterocycles. The first-order chi connectivity index (χ1) is 9.76. The third kappa shape index (κ3) is 3.34. The fourth-order valence-corrected chi connectivity index (χ4v) is 2.38. The van der Waals surface area contributed by atoms with Crippen molar-refractivity contribution in [2.45, 2.75) is 26.2 Å². The largest absolute Gasteiger partial charge is 0.330 e. The highest BCUT2D eigenvalue weighted by Crippen LogP contribution is 2.16. The van der Waals surface area contributed by atoms with Crippen LogP contribution >= 0.6 is 0 Å². The predicted molar refractivity (Wildman–Crippen MR) is 83.1 cm³/mol. The van der Waals surface area contributed by atoms with Gasteiger partial charge in [-0.1, -0.05) is 61.9 Å². The van der Waals surface area contributed by atoms with E-state index >= 15 is 0 Å². The second-order valence-corrected chi connectivity index (χ2v) is 4.97. The molecule has 2 aromatic rings. The van der Waals surface area contributed by atoms with E-state index in [1.54, 1.807) is 0 Å². The van der Waals surface area contributed by atoms with E-state index in [1.807, 2.05) is 48.5 Å². The van der Waals surface area contributed by atoms with Gasteiger partial charge in [0.15, 0.2) is 5.78 Å². The van der Waals surface area contributed by atoms with Gasteiger partial charge in [0.2, 0.25) is 0 Å². The Morgan fingerprint density at radius 1 is 1.00 bits per heavy atom. The van der Waals surface area contributed by atoms with Crippen LogP contribution in [-0.2, 0) is 12.8 Å². The first-order valence-corrected chi connectivity index (χ1v) is 7.18. The van der Waals surface area contributed by atoms with Crippen LogP contribution in [0.1, 0.15) is 40.4 Å². The monoisotopic (exact) mass is 267 g/mol. The van der Waals surface area contributed by atoms with Gasteiger partial charge in [-0.15, -0.1) is 0 Å². The Morgan fingerprint density at radius 3 is 2.35 bits per heavy atom. The molecule has 0 radical (unpaired) electrons. The molecule has 0 aromatic heterocycles. The van der Waals surface area contributed by atoms with Crippen molar-refractivity contribution in [3.05, 3.63) is 70.8 Å². The molecule has 0 saturated carbocycles. The second-order valence-electron chi connectivity index (χ2n) is 4.97. The highest BCUT2D eigenvalue weighted by Gasteiger charge is 2.12. The van der Waals surface area contributed by atoms with E-state index < -0.39 is 0 Å². The topological polar surface area (TPSA) is 43.1 Å². The first-order valence-electron chi connectivity index (χ1n) is 7.18. The molecule has 2 rings (SSSR count). The van der Waals surface area contributed by atoms with Crippen LogP contribution in [0.25, 0.3) is 0 Å². The molecule has 0 atom stereocenters. The average Bonchev–Trinajstić information content (AvgIpc) is 2.49. The van der Waals surface area contributed by atoms with Gasteiger partial charge in [0.25, 0.3) is 0 Å². The molecule has 0 bridgehead atoms. The summed E-state index contributed by atoms with van der Waals surface area (Å²) in [5.74, 6) is 0.0806. The molecule has 2 aromatic carbocycles. The summed E-state index contributed by atoms with van der Waals surface area (Å²) in [5, 5.41) is 0. The molecule has 0 aliphatic heterocycles. The molecule has 0 heterocycles. The molecule has 20 heavy (non-hydrogen) atoms. The summed E-state index contributed by atoms with van der Waals surface area (Å²) in [4.78, 5) is 12.6. The zero-order chi connectivity index (χ0) is 14.4. The van der Waals surface area contributed by atoms with Crippen LogP contribution < -0.4 is 5.73 Å². The third-order valence-corrected chi connectivity index (χ3v) is 3.43. The van der Waals surface area contributed by atoms with Gasteiger partial charge in [0.1, 0.15) is 0 Å². The molecule has 104 valence electrons. The smallest absolute Gasteiger partial charge is 0.193 e. The van der Waals surface area contributed by atoms with Gasteiger partial charge in [-0.3, -0.25) is 4.79 Å². The maximum Gasteiger partial charge on any atom is 0.193 e. The van der Waals surface area contributed by atoms with Crippen molar-refractivity contribution in [2.75, 3.05) is 6.54 Å². The zero-order valence-corrected chi connectivity index (χ0v) is 11.9. The standard InChI is InChI=1S/C18H21NO/c1-2-5-14-8-10-16(11-9-14)18(20)17-7-4-3-6-15(17)12-13-19/h3-4,6-11H,2,5,12-13,19H2,1H3. The van der Waals surface area contributed by atoms with E-state index in [9.17, 15) is 4.79 Å². The Labute approximate surface area is 120 Å². The Bertz CT molecular complexity index is 572. The van der Waals surface area contributed by atoms with Crippen LogP contribution in [-0.4, -0.2) is 12.3 Å². The van der Waals surface area contributed by atoms with Crippen molar-refractivity contribution in [1.82, 2.24) is 0 Å². The van der Waals surface area contributed by atoms with Crippen LogP contribution in [0.5, 0.6) is 0 Å². The minimum Gasteiger partial charge on any atom is -0.330 e. The summed E-state index contributed by atoms with van der Waals surface area (Å²) in [6.07, 6.45) is 2.90. The third-order valence-electron chi connectivity index (χ3n) is 3.43. The molecule has 2 heteroatoms. The van der Waals surface area contributed by atoms with Crippen LogP contribution in [0, 0.1) is 0 Å². The van der Waals surface area contributed by atoms with Gasteiger partial charge < -0.3 is 5.73 Å². The van der Waals surface area contributed by atoms with Crippen LogP contribution in [0.3, 0.4) is 0 Å². The summed E-state index contributed by atoms with van der Waals surface area (Å²) in [6, 6.07) is 15.6. The quantitative estimate of drug-likeness (QED) is 0.815. The van der Waals surface area contributed by atoms with Crippen LogP contribution in [0.4, 0.5) is 0 Å².